The van der Waals surface area contributed by atoms with E-state index in [1.807, 2.05) is 0 Å². The smallest absolute Gasteiger partial charge is 0.324 e. The number of nitrogens with one attached hydrogen (secondary N) is 1. The third-order valence-corrected chi connectivity index (χ3v) is 5.69. The number of hydrogen-bond donors (Lipinski definition) is 2. The molecule has 1 saturated heterocycles. The molecule has 1 fully saturated rings. The fourth-order valence-corrected chi connectivity index (χ4v) is 3.83. The lowest BCUT2D eigenvalue weighted by Gasteiger charge is -2.21. The number of sulfonamides is 1. The van der Waals surface area contributed by atoms with Crippen molar-refractivity contribution in [1.82, 2.24) is 4.90 Å². The number of β-amino-alcohol motifs (C(OH)–C–C–N with tert-alkyl or cyclic N) is 1. The minimum absolute atomic E-state index is 0.0184. The molecule has 0 aliphatic carbocycles. The third kappa shape index (κ3) is 5.91. The highest BCUT2D eigenvalue weighted by atomic mass is 35.5. The summed E-state index contributed by atoms with van der Waals surface area (Å²) in [5, 5.41) is 11.0. The molecule has 30 heavy (non-hydrogen) atoms. The van der Waals surface area contributed by atoms with Gasteiger partial charge < -0.3 is 14.7 Å². The maximum absolute atomic E-state index is 12.6. The summed E-state index contributed by atoms with van der Waals surface area (Å²) in [5.41, 5.74) is 1.06. The van der Waals surface area contributed by atoms with Crippen LogP contribution in [0.15, 0.2) is 42.5 Å². The molecule has 2 amide bonds. The predicted molar refractivity (Wildman–Crippen MR) is 117 cm³/mol. The molecule has 1 unspecified atom stereocenters. The van der Waals surface area contributed by atoms with E-state index in [1.165, 1.54) is 4.90 Å². The van der Waals surface area contributed by atoms with Crippen molar-refractivity contribution in [3.63, 3.8) is 0 Å². The van der Waals surface area contributed by atoms with Crippen LogP contribution in [0.4, 0.5) is 16.2 Å². The van der Waals surface area contributed by atoms with E-state index in [9.17, 15) is 18.3 Å². The van der Waals surface area contributed by atoms with Gasteiger partial charge in [0.1, 0.15) is 18.5 Å². The summed E-state index contributed by atoms with van der Waals surface area (Å²) < 4.78 is 30.3. The maximum Gasteiger partial charge on any atom is 0.324 e. The van der Waals surface area contributed by atoms with Gasteiger partial charge in [-0.2, -0.15) is 0 Å². The molecule has 1 atom stereocenters. The molecule has 0 aromatic heterocycles. The summed E-state index contributed by atoms with van der Waals surface area (Å²) in [6.07, 6.45) is 0.173. The number of anilines is 2. The average molecular weight is 474 g/mol. The van der Waals surface area contributed by atoms with Gasteiger partial charge in [-0.1, -0.05) is 23.2 Å². The maximum atomic E-state index is 12.6. The number of carbonyl (C=O) groups excluding carboxylic acids is 1. The number of carbonyl (C=O) groups is 1. The van der Waals surface area contributed by atoms with Crippen molar-refractivity contribution in [1.29, 1.82) is 0 Å². The van der Waals surface area contributed by atoms with Crippen LogP contribution in [0, 0.1) is 0 Å². The molecule has 1 aliphatic rings. The van der Waals surface area contributed by atoms with Gasteiger partial charge in [0.2, 0.25) is 10.0 Å². The summed E-state index contributed by atoms with van der Waals surface area (Å²) in [5.74, 6) is 0.471. The highest BCUT2D eigenvalue weighted by molar-refractivity contribution is 7.92. The molecular weight excluding hydrogens is 453 g/mol. The Morgan fingerprint density at radius 2 is 1.83 bits per heavy atom. The molecule has 2 N–H and O–H groups in total. The normalized spacial score (nSPS) is 15.4. The van der Waals surface area contributed by atoms with Crippen LogP contribution in [0.1, 0.15) is 0 Å². The molecule has 2 aromatic rings. The van der Waals surface area contributed by atoms with Crippen molar-refractivity contribution in [3.8, 4) is 5.75 Å². The fourth-order valence-electron chi connectivity index (χ4n) is 2.98. The number of halogens is 2. The first-order valence-electron chi connectivity index (χ1n) is 9.02. The Hall–Kier alpha value is -2.20. The standard InChI is InChI=1S/C19H21Cl2N3O5S/c1-30(27,28)22-13-2-5-16(6-3-13)29-12-15(25)11-23-8-9-24(19(23)26)14-4-7-17(20)18(21)10-14/h2-7,10,15,22,25H,8-9,11-12H2,1H3. The first-order valence-corrected chi connectivity index (χ1v) is 11.7. The van der Waals surface area contributed by atoms with Gasteiger partial charge >= 0.3 is 6.03 Å². The number of ether oxygens (including phenoxy) is 1. The number of rotatable bonds is 8. The lowest BCUT2D eigenvalue weighted by atomic mass is 10.3. The van der Waals surface area contributed by atoms with E-state index in [0.29, 0.717) is 40.3 Å². The molecule has 0 spiro atoms. The van der Waals surface area contributed by atoms with E-state index in [-0.39, 0.29) is 19.2 Å². The SMILES string of the molecule is CS(=O)(=O)Nc1ccc(OCC(O)CN2CCN(c3ccc(Cl)c(Cl)c3)C2=O)cc1. The number of hydrogen-bond acceptors (Lipinski definition) is 5. The van der Waals surface area contributed by atoms with E-state index in [1.54, 1.807) is 47.4 Å². The largest absolute Gasteiger partial charge is 0.491 e. The second-order valence-electron chi connectivity index (χ2n) is 6.84. The van der Waals surface area contributed by atoms with Crippen molar-refractivity contribution < 1.29 is 23.1 Å². The van der Waals surface area contributed by atoms with Gasteiger partial charge in [-0.25, -0.2) is 13.2 Å². The van der Waals surface area contributed by atoms with Gasteiger partial charge in [0.25, 0.3) is 0 Å². The van der Waals surface area contributed by atoms with Crippen molar-refractivity contribution in [2.75, 3.05) is 42.1 Å². The van der Waals surface area contributed by atoms with Crippen LogP contribution < -0.4 is 14.4 Å². The Bertz CT molecular complexity index is 1020. The number of aliphatic hydroxyl groups is 1. The van der Waals surface area contributed by atoms with Gasteiger partial charge in [0, 0.05) is 24.5 Å². The number of aliphatic hydroxyl groups excluding tert-OH is 1. The van der Waals surface area contributed by atoms with Crippen molar-refractivity contribution >= 4 is 50.6 Å². The Labute approximate surface area is 185 Å². The molecule has 1 heterocycles. The van der Waals surface area contributed by atoms with Crippen LogP contribution in [0.3, 0.4) is 0 Å². The monoisotopic (exact) mass is 473 g/mol. The van der Waals surface area contributed by atoms with Crippen molar-refractivity contribution in [2.45, 2.75) is 6.10 Å². The Kier molecular flexibility index (Phi) is 6.97. The van der Waals surface area contributed by atoms with Crippen LogP contribution in [-0.2, 0) is 10.0 Å². The van der Waals surface area contributed by atoms with Crippen LogP contribution in [0.25, 0.3) is 0 Å². The first-order chi connectivity index (χ1) is 14.1. The van der Waals surface area contributed by atoms with Gasteiger partial charge in [0.15, 0.2) is 0 Å². The van der Waals surface area contributed by atoms with E-state index in [4.69, 9.17) is 27.9 Å². The van der Waals surface area contributed by atoms with Gasteiger partial charge in [-0.15, -0.1) is 0 Å². The summed E-state index contributed by atoms with van der Waals surface area (Å²) in [6, 6.07) is 11.0. The Balaban J connectivity index is 1.51. The fraction of sp³-hybridized carbons (Fsp3) is 0.316. The minimum atomic E-state index is -3.35. The second-order valence-corrected chi connectivity index (χ2v) is 9.40. The molecule has 8 nitrogen and oxygen atoms in total. The van der Waals surface area contributed by atoms with Gasteiger partial charge in [0.05, 0.1) is 22.8 Å². The third-order valence-electron chi connectivity index (χ3n) is 4.34. The van der Waals surface area contributed by atoms with Gasteiger partial charge in [-0.05, 0) is 42.5 Å². The number of amides is 2. The van der Waals surface area contributed by atoms with E-state index in [0.717, 1.165) is 6.26 Å². The summed E-state index contributed by atoms with van der Waals surface area (Å²) >= 11 is 11.9. The van der Waals surface area contributed by atoms with Crippen LogP contribution in [0.5, 0.6) is 5.75 Å². The predicted octanol–water partition coefficient (Wildman–Crippen LogP) is 3.05. The van der Waals surface area contributed by atoms with Crippen molar-refractivity contribution in [2.24, 2.45) is 0 Å². The van der Waals surface area contributed by atoms with E-state index in [2.05, 4.69) is 4.72 Å². The van der Waals surface area contributed by atoms with Gasteiger partial charge in [-0.3, -0.25) is 9.62 Å². The van der Waals surface area contributed by atoms with E-state index >= 15 is 0 Å². The van der Waals surface area contributed by atoms with Crippen LogP contribution in [-0.4, -0.2) is 63.1 Å². The summed E-state index contributed by atoms with van der Waals surface area (Å²) in [7, 11) is -3.35. The highest BCUT2D eigenvalue weighted by Crippen LogP contribution is 2.29. The zero-order valence-electron chi connectivity index (χ0n) is 16.1. The van der Waals surface area contributed by atoms with Crippen molar-refractivity contribution in [3.05, 3.63) is 52.5 Å². The zero-order chi connectivity index (χ0) is 21.9. The quantitative estimate of drug-likeness (QED) is 0.613. The van der Waals surface area contributed by atoms with E-state index < -0.39 is 16.1 Å². The molecule has 2 aromatic carbocycles. The van der Waals surface area contributed by atoms with Crippen LogP contribution in [0.2, 0.25) is 10.0 Å². The second kappa shape index (κ2) is 9.30. The number of urea groups is 1. The average Bonchev–Trinajstić information content (AvgIpc) is 3.02. The molecule has 3 rings (SSSR count). The molecule has 0 saturated carbocycles. The lowest BCUT2D eigenvalue weighted by molar-refractivity contribution is 0.0829. The molecule has 1 aliphatic heterocycles. The van der Waals surface area contributed by atoms with Crippen LogP contribution >= 0.6 is 23.2 Å². The lowest BCUT2D eigenvalue weighted by Crippen LogP contribution is -2.39. The Morgan fingerprint density at radius 1 is 1.13 bits per heavy atom. The minimum Gasteiger partial charge on any atom is -0.491 e. The Morgan fingerprint density at radius 3 is 2.47 bits per heavy atom. The molecule has 162 valence electrons. The first kappa shape index (κ1) is 22.5. The molecular formula is C19H21Cl2N3O5S. The molecule has 11 heteroatoms. The highest BCUT2D eigenvalue weighted by Gasteiger charge is 2.31. The summed E-state index contributed by atoms with van der Waals surface area (Å²) in [4.78, 5) is 15.7. The zero-order valence-corrected chi connectivity index (χ0v) is 18.4. The molecule has 0 radical (unpaired) electrons. The topological polar surface area (TPSA) is 99.2 Å². The summed E-state index contributed by atoms with van der Waals surface area (Å²) in [6.45, 7) is 1.03. The number of benzene rings is 2. The molecule has 0 bridgehead atoms. The number of nitrogens with zero attached hydrogens (tertiary/aromatic N) is 2.